The maximum Gasteiger partial charge on any atom is 0.236 e. The van der Waals surface area contributed by atoms with Crippen molar-refractivity contribution in [2.45, 2.75) is 49.7 Å². The SMILES string of the molecule is CCN(Cc1ccccc1)C(=O)C(C)Sc1nnc(-c2cccs2)n1C1CC1. The summed E-state index contributed by atoms with van der Waals surface area (Å²) >= 11 is 3.20. The highest BCUT2D eigenvalue weighted by Crippen LogP contribution is 2.42. The molecule has 7 heteroatoms. The van der Waals surface area contributed by atoms with E-state index >= 15 is 0 Å². The summed E-state index contributed by atoms with van der Waals surface area (Å²) in [4.78, 5) is 16.1. The Balaban J connectivity index is 1.50. The molecule has 0 N–H and O–H groups in total. The van der Waals surface area contributed by atoms with Crippen LogP contribution in [-0.2, 0) is 11.3 Å². The van der Waals surface area contributed by atoms with Gasteiger partial charge in [-0.05, 0) is 43.7 Å². The van der Waals surface area contributed by atoms with E-state index in [0.717, 1.165) is 34.3 Å². The van der Waals surface area contributed by atoms with Crippen LogP contribution in [0, 0.1) is 0 Å². The molecule has 28 heavy (non-hydrogen) atoms. The second-order valence-corrected chi connectivity index (χ2v) is 9.24. The molecule has 5 nitrogen and oxygen atoms in total. The van der Waals surface area contributed by atoms with Crippen LogP contribution in [0.5, 0.6) is 0 Å². The molecule has 0 bridgehead atoms. The Kier molecular flexibility index (Phi) is 5.82. The van der Waals surface area contributed by atoms with E-state index in [1.165, 1.54) is 11.8 Å². The Labute approximate surface area is 173 Å². The number of carbonyl (C=O) groups excluding carboxylic acids is 1. The maximum atomic E-state index is 13.1. The lowest BCUT2D eigenvalue weighted by Crippen LogP contribution is -2.36. The number of rotatable bonds is 8. The van der Waals surface area contributed by atoms with Gasteiger partial charge in [0.2, 0.25) is 5.91 Å². The smallest absolute Gasteiger partial charge is 0.236 e. The van der Waals surface area contributed by atoms with E-state index in [1.54, 1.807) is 11.3 Å². The minimum Gasteiger partial charge on any atom is -0.338 e. The van der Waals surface area contributed by atoms with Crippen molar-refractivity contribution in [2.24, 2.45) is 0 Å². The predicted octanol–water partition coefficient (Wildman–Crippen LogP) is 4.87. The molecule has 0 spiro atoms. The molecule has 4 rings (SSSR count). The lowest BCUT2D eigenvalue weighted by Gasteiger charge is -2.24. The summed E-state index contributed by atoms with van der Waals surface area (Å²) < 4.78 is 2.23. The summed E-state index contributed by atoms with van der Waals surface area (Å²) in [6.07, 6.45) is 2.31. The topological polar surface area (TPSA) is 51.0 Å². The van der Waals surface area contributed by atoms with Gasteiger partial charge < -0.3 is 4.90 Å². The van der Waals surface area contributed by atoms with Crippen molar-refractivity contribution >= 4 is 29.0 Å². The second kappa shape index (κ2) is 8.49. The van der Waals surface area contributed by atoms with Gasteiger partial charge in [-0.1, -0.05) is 48.2 Å². The molecule has 1 unspecified atom stereocenters. The third kappa shape index (κ3) is 4.15. The number of nitrogens with zero attached hydrogens (tertiary/aromatic N) is 4. The molecule has 1 saturated carbocycles. The fraction of sp³-hybridized carbons (Fsp3) is 0.381. The summed E-state index contributed by atoms with van der Waals surface area (Å²) in [5.41, 5.74) is 1.15. The molecule has 1 atom stereocenters. The number of thiophene rings is 1. The van der Waals surface area contributed by atoms with Gasteiger partial charge in [0.15, 0.2) is 11.0 Å². The number of thioether (sulfide) groups is 1. The van der Waals surface area contributed by atoms with Crippen LogP contribution in [0.3, 0.4) is 0 Å². The first kappa shape index (κ1) is 19.2. The Morgan fingerprint density at radius 1 is 1.25 bits per heavy atom. The highest BCUT2D eigenvalue weighted by Gasteiger charge is 2.32. The van der Waals surface area contributed by atoms with Gasteiger partial charge in [0.1, 0.15) is 0 Å². The van der Waals surface area contributed by atoms with Crippen LogP contribution in [0.4, 0.5) is 0 Å². The largest absolute Gasteiger partial charge is 0.338 e. The van der Waals surface area contributed by atoms with Crippen LogP contribution in [0.25, 0.3) is 10.7 Å². The van der Waals surface area contributed by atoms with Gasteiger partial charge in [-0.25, -0.2) is 0 Å². The monoisotopic (exact) mass is 412 g/mol. The normalized spacial score (nSPS) is 14.8. The number of amides is 1. The van der Waals surface area contributed by atoms with Gasteiger partial charge in [0.05, 0.1) is 10.1 Å². The van der Waals surface area contributed by atoms with Crippen molar-refractivity contribution in [2.75, 3.05) is 6.54 Å². The minimum atomic E-state index is -0.207. The van der Waals surface area contributed by atoms with Crippen LogP contribution in [0.1, 0.15) is 38.3 Å². The summed E-state index contributed by atoms with van der Waals surface area (Å²) in [5.74, 6) is 1.07. The van der Waals surface area contributed by atoms with Crippen molar-refractivity contribution in [1.29, 1.82) is 0 Å². The number of carbonyl (C=O) groups is 1. The number of aromatic nitrogens is 3. The van der Waals surface area contributed by atoms with E-state index in [2.05, 4.69) is 38.3 Å². The third-order valence-electron chi connectivity index (χ3n) is 4.86. The van der Waals surface area contributed by atoms with Crippen LogP contribution in [0.2, 0.25) is 0 Å². The lowest BCUT2D eigenvalue weighted by atomic mass is 10.2. The van der Waals surface area contributed by atoms with Crippen LogP contribution in [0.15, 0.2) is 53.0 Å². The molecule has 0 aliphatic heterocycles. The number of benzene rings is 1. The van der Waals surface area contributed by atoms with Gasteiger partial charge in [0, 0.05) is 19.1 Å². The van der Waals surface area contributed by atoms with Gasteiger partial charge in [-0.2, -0.15) is 0 Å². The van der Waals surface area contributed by atoms with Gasteiger partial charge in [0.25, 0.3) is 0 Å². The zero-order valence-electron chi connectivity index (χ0n) is 16.1. The molecule has 1 aliphatic rings. The zero-order chi connectivity index (χ0) is 19.5. The predicted molar refractivity (Wildman–Crippen MR) is 114 cm³/mol. The molecular weight excluding hydrogens is 388 g/mol. The molecule has 3 aromatic rings. The van der Waals surface area contributed by atoms with Crippen LogP contribution < -0.4 is 0 Å². The fourth-order valence-corrected chi connectivity index (χ4v) is 4.92. The number of hydrogen-bond donors (Lipinski definition) is 0. The molecule has 1 aliphatic carbocycles. The molecule has 0 radical (unpaired) electrons. The van der Waals surface area contributed by atoms with E-state index in [9.17, 15) is 4.79 Å². The van der Waals surface area contributed by atoms with E-state index in [1.807, 2.05) is 43.0 Å². The summed E-state index contributed by atoms with van der Waals surface area (Å²) in [7, 11) is 0. The molecule has 2 heterocycles. The Hall–Kier alpha value is -2.12. The highest BCUT2D eigenvalue weighted by molar-refractivity contribution is 8.00. The van der Waals surface area contributed by atoms with Crippen molar-refractivity contribution in [3.8, 4) is 10.7 Å². The Morgan fingerprint density at radius 3 is 2.68 bits per heavy atom. The standard InChI is InChI=1S/C21H24N4OS2/c1-3-24(14-16-8-5-4-6-9-16)20(26)15(2)28-21-23-22-19(18-10-7-13-27-18)25(21)17-11-12-17/h4-10,13,15,17H,3,11-12,14H2,1-2H3. The average Bonchev–Trinajstić information content (AvgIpc) is 3.24. The van der Waals surface area contributed by atoms with Gasteiger partial charge >= 0.3 is 0 Å². The van der Waals surface area contributed by atoms with Crippen LogP contribution >= 0.6 is 23.1 Å². The molecule has 1 aromatic carbocycles. The van der Waals surface area contributed by atoms with Gasteiger partial charge in [-0.3, -0.25) is 9.36 Å². The van der Waals surface area contributed by atoms with Crippen molar-refractivity contribution in [1.82, 2.24) is 19.7 Å². The third-order valence-corrected chi connectivity index (χ3v) is 6.77. The van der Waals surface area contributed by atoms with E-state index in [-0.39, 0.29) is 11.2 Å². The molecule has 1 fully saturated rings. The second-order valence-electron chi connectivity index (χ2n) is 6.98. The molecule has 0 saturated heterocycles. The summed E-state index contributed by atoms with van der Waals surface area (Å²) in [6, 6.07) is 14.7. The first-order chi connectivity index (χ1) is 13.7. The minimum absolute atomic E-state index is 0.138. The summed E-state index contributed by atoms with van der Waals surface area (Å²) in [5, 5.41) is 11.6. The van der Waals surface area contributed by atoms with E-state index < -0.39 is 0 Å². The summed E-state index contributed by atoms with van der Waals surface area (Å²) in [6.45, 7) is 5.32. The van der Waals surface area contributed by atoms with E-state index in [4.69, 9.17) is 0 Å². The quantitative estimate of drug-likeness (QED) is 0.495. The van der Waals surface area contributed by atoms with Gasteiger partial charge in [-0.15, -0.1) is 21.5 Å². The Morgan fingerprint density at radius 2 is 2.04 bits per heavy atom. The van der Waals surface area contributed by atoms with Crippen molar-refractivity contribution in [3.63, 3.8) is 0 Å². The van der Waals surface area contributed by atoms with Crippen LogP contribution in [-0.4, -0.2) is 37.4 Å². The highest BCUT2D eigenvalue weighted by atomic mass is 32.2. The van der Waals surface area contributed by atoms with Crippen molar-refractivity contribution in [3.05, 3.63) is 53.4 Å². The fourth-order valence-electron chi connectivity index (χ4n) is 3.21. The Bertz CT molecular complexity index is 919. The maximum absolute atomic E-state index is 13.1. The molecular formula is C21H24N4OS2. The number of hydrogen-bond acceptors (Lipinski definition) is 5. The molecule has 1 amide bonds. The lowest BCUT2D eigenvalue weighted by molar-refractivity contribution is -0.130. The zero-order valence-corrected chi connectivity index (χ0v) is 17.7. The first-order valence-electron chi connectivity index (χ1n) is 9.65. The first-order valence-corrected chi connectivity index (χ1v) is 11.4. The average molecular weight is 413 g/mol. The van der Waals surface area contributed by atoms with E-state index in [0.29, 0.717) is 19.1 Å². The molecule has 2 aromatic heterocycles. The molecule has 146 valence electrons. The van der Waals surface area contributed by atoms with Crippen molar-refractivity contribution < 1.29 is 4.79 Å².